The van der Waals surface area contributed by atoms with Crippen molar-refractivity contribution in [1.29, 1.82) is 0 Å². The van der Waals surface area contributed by atoms with Gasteiger partial charge in [0, 0.05) is 13.1 Å². The number of unbranched alkanes of at least 4 members (excludes halogenated alkanes) is 1. The fourth-order valence-electron chi connectivity index (χ4n) is 2.41. The largest absolute Gasteiger partial charge is 0.357 e. The van der Waals surface area contributed by atoms with E-state index in [-0.39, 0.29) is 24.0 Å². The molecular weight excluding hydrogens is 411 g/mol. The monoisotopic (exact) mass is 446 g/mol. The molecule has 0 atom stereocenters. The van der Waals surface area contributed by atoms with Crippen molar-refractivity contribution < 1.29 is 0 Å². The maximum Gasteiger partial charge on any atom is 0.191 e. The highest BCUT2D eigenvalue weighted by Crippen LogP contribution is 2.04. The van der Waals surface area contributed by atoms with Gasteiger partial charge in [-0.15, -0.1) is 24.0 Å². The zero-order chi connectivity index (χ0) is 16.9. The normalized spacial score (nSPS) is 11.3. The number of aliphatic imine (C=N–C) groups is 1. The minimum Gasteiger partial charge on any atom is -0.357 e. The van der Waals surface area contributed by atoms with Crippen LogP contribution in [0.2, 0.25) is 0 Å². The highest BCUT2D eigenvalue weighted by atomic mass is 127. The maximum absolute atomic E-state index is 4.66. The highest BCUT2D eigenvalue weighted by molar-refractivity contribution is 14.0. The van der Waals surface area contributed by atoms with Crippen LogP contribution in [-0.2, 0) is 6.54 Å². The summed E-state index contributed by atoms with van der Waals surface area (Å²) >= 11 is 0. The highest BCUT2D eigenvalue weighted by Gasteiger charge is 2.00. The lowest BCUT2D eigenvalue weighted by Gasteiger charge is -2.18. The molecular formula is C19H35IN4. The zero-order valence-electron chi connectivity index (χ0n) is 15.8. The van der Waals surface area contributed by atoms with Crippen molar-refractivity contribution >= 4 is 29.9 Å². The molecule has 0 fully saturated rings. The maximum atomic E-state index is 4.66. The first-order valence-electron chi connectivity index (χ1n) is 8.99. The second-order valence-electron chi connectivity index (χ2n) is 5.84. The smallest absolute Gasteiger partial charge is 0.191 e. The number of halogens is 1. The Kier molecular flexibility index (Phi) is 14.0. The Morgan fingerprint density at radius 2 is 1.67 bits per heavy atom. The van der Waals surface area contributed by atoms with E-state index >= 15 is 0 Å². The van der Waals surface area contributed by atoms with E-state index in [1.54, 1.807) is 0 Å². The summed E-state index contributed by atoms with van der Waals surface area (Å²) in [5.41, 5.74) is 2.53. The molecule has 0 aliphatic rings. The fraction of sp³-hybridized carbons (Fsp3) is 0.632. The molecule has 0 amide bonds. The third-order valence-corrected chi connectivity index (χ3v) is 3.97. The fourth-order valence-corrected chi connectivity index (χ4v) is 2.41. The van der Waals surface area contributed by atoms with Crippen LogP contribution in [0.15, 0.2) is 29.3 Å². The van der Waals surface area contributed by atoms with Crippen molar-refractivity contribution in [2.75, 3.05) is 32.7 Å². The number of nitrogens with zero attached hydrogens (tertiary/aromatic N) is 2. The van der Waals surface area contributed by atoms with Crippen LogP contribution >= 0.6 is 24.0 Å². The van der Waals surface area contributed by atoms with E-state index < -0.39 is 0 Å². The Bertz CT molecular complexity index is 441. The van der Waals surface area contributed by atoms with Gasteiger partial charge in [0.15, 0.2) is 5.96 Å². The second-order valence-corrected chi connectivity index (χ2v) is 5.84. The van der Waals surface area contributed by atoms with Crippen LogP contribution in [0.5, 0.6) is 0 Å². The van der Waals surface area contributed by atoms with Gasteiger partial charge in [0.05, 0.1) is 6.54 Å². The van der Waals surface area contributed by atoms with Gasteiger partial charge in [-0.05, 0) is 51.9 Å². The summed E-state index contributed by atoms with van der Waals surface area (Å²) in [5.74, 6) is 0.913. The molecule has 0 saturated carbocycles. The van der Waals surface area contributed by atoms with Crippen LogP contribution < -0.4 is 10.6 Å². The standard InChI is InChI=1S/C19H34N4.HI/c1-5-20-19(21-14-8-9-15-23(6-2)7-3)22-16-18-12-10-17(4)11-13-18;/h10-13H,5-9,14-16H2,1-4H3,(H2,20,21,22);1H. The van der Waals surface area contributed by atoms with Gasteiger partial charge in [-0.25, -0.2) is 4.99 Å². The molecule has 0 spiro atoms. The Labute approximate surface area is 165 Å². The molecule has 138 valence electrons. The van der Waals surface area contributed by atoms with E-state index in [0.29, 0.717) is 0 Å². The quantitative estimate of drug-likeness (QED) is 0.249. The van der Waals surface area contributed by atoms with Crippen molar-refractivity contribution in [1.82, 2.24) is 15.5 Å². The number of nitrogens with one attached hydrogen (secondary N) is 2. The Hall–Kier alpha value is -0.820. The molecule has 0 bridgehead atoms. The lowest BCUT2D eigenvalue weighted by Crippen LogP contribution is -2.38. The molecule has 0 aliphatic carbocycles. The average molecular weight is 446 g/mol. The molecule has 0 radical (unpaired) electrons. The minimum absolute atomic E-state index is 0. The van der Waals surface area contributed by atoms with Crippen LogP contribution in [0.4, 0.5) is 0 Å². The summed E-state index contributed by atoms with van der Waals surface area (Å²) in [6.07, 6.45) is 2.40. The number of rotatable bonds is 10. The molecule has 1 aromatic rings. The van der Waals surface area contributed by atoms with E-state index in [0.717, 1.165) is 38.7 Å². The van der Waals surface area contributed by atoms with Gasteiger partial charge in [0.1, 0.15) is 0 Å². The molecule has 4 nitrogen and oxygen atoms in total. The van der Waals surface area contributed by atoms with E-state index in [4.69, 9.17) is 0 Å². The van der Waals surface area contributed by atoms with E-state index in [9.17, 15) is 0 Å². The van der Waals surface area contributed by atoms with Gasteiger partial charge >= 0.3 is 0 Å². The lowest BCUT2D eigenvalue weighted by atomic mass is 10.1. The molecule has 0 unspecified atom stereocenters. The summed E-state index contributed by atoms with van der Waals surface area (Å²) in [6, 6.07) is 8.57. The van der Waals surface area contributed by atoms with Gasteiger partial charge in [-0.2, -0.15) is 0 Å². The van der Waals surface area contributed by atoms with Crippen LogP contribution in [-0.4, -0.2) is 43.6 Å². The second kappa shape index (κ2) is 14.5. The van der Waals surface area contributed by atoms with E-state index in [2.05, 4.69) is 72.5 Å². The van der Waals surface area contributed by atoms with Crippen molar-refractivity contribution in [3.8, 4) is 0 Å². The summed E-state index contributed by atoms with van der Waals surface area (Å²) in [6.45, 7) is 14.7. The first kappa shape index (κ1) is 23.2. The Balaban J connectivity index is 0.00000529. The molecule has 0 aliphatic heterocycles. The molecule has 0 saturated heterocycles. The summed E-state index contributed by atoms with van der Waals surface area (Å²) in [4.78, 5) is 7.13. The van der Waals surface area contributed by atoms with Crippen LogP contribution in [0.3, 0.4) is 0 Å². The molecule has 5 heteroatoms. The first-order chi connectivity index (χ1) is 11.2. The number of hydrogen-bond donors (Lipinski definition) is 2. The van der Waals surface area contributed by atoms with E-state index in [1.807, 2.05) is 0 Å². The minimum atomic E-state index is 0. The lowest BCUT2D eigenvalue weighted by molar-refractivity contribution is 0.297. The predicted octanol–water partition coefficient (Wildman–Crippen LogP) is 3.79. The number of benzene rings is 1. The summed E-state index contributed by atoms with van der Waals surface area (Å²) in [5, 5.41) is 6.75. The molecule has 2 N–H and O–H groups in total. The van der Waals surface area contributed by atoms with Crippen LogP contribution in [0.25, 0.3) is 0 Å². The average Bonchev–Trinajstić information content (AvgIpc) is 2.57. The Morgan fingerprint density at radius 1 is 1.00 bits per heavy atom. The predicted molar refractivity (Wildman–Crippen MR) is 116 cm³/mol. The molecule has 1 rings (SSSR count). The number of guanidine groups is 1. The molecule has 0 heterocycles. The summed E-state index contributed by atoms with van der Waals surface area (Å²) in [7, 11) is 0. The van der Waals surface area contributed by atoms with Gasteiger partial charge < -0.3 is 15.5 Å². The third kappa shape index (κ3) is 10.1. The van der Waals surface area contributed by atoms with Crippen molar-refractivity contribution in [3.63, 3.8) is 0 Å². The van der Waals surface area contributed by atoms with E-state index in [1.165, 1.54) is 30.5 Å². The van der Waals surface area contributed by atoms with Gasteiger partial charge in [-0.1, -0.05) is 43.7 Å². The Morgan fingerprint density at radius 3 is 2.25 bits per heavy atom. The topological polar surface area (TPSA) is 39.7 Å². The third-order valence-electron chi connectivity index (χ3n) is 3.97. The van der Waals surface area contributed by atoms with Crippen molar-refractivity contribution in [3.05, 3.63) is 35.4 Å². The van der Waals surface area contributed by atoms with Crippen molar-refractivity contribution in [2.45, 2.75) is 47.1 Å². The molecule has 0 aromatic heterocycles. The van der Waals surface area contributed by atoms with Crippen LogP contribution in [0.1, 0.15) is 44.7 Å². The number of hydrogen-bond acceptors (Lipinski definition) is 2. The number of aryl methyl sites for hydroxylation is 1. The zero-order valence-corrected chi connectivity index (χ0v) is 18.1. The first-order valence-corrected chi connectivity index (χ1v) is 8.99. The van der Waals surface area contributed by atoms with Gasteiger partial charge in [-0.3, -0.25) is 0 Å². The molecule has 1 aromatic carbocycles. The van der Waals surface area contributed by atoms with Crippen LogP contribution in [0, 0.1) is 6.92 Å². The SMILES string of the molecule is CCNC(=NCc1ccc(C)cc1)NCCCCN(CC)CC.I. The van der Waals surface area contributed by atoms with Crippen molar-refractivity contribution in [2.24, 2.45) is 4.99 Å². The van der Waals surface area contributed by atoms with Gasteiger partial charge in [0.25, 0.3) is 0 Å². The summed E-state index contributed by atoms with van der Waals surface area (Å²) < 4.78 is 0. The molecule has 24 heavy (non-hydrogen) atoms. The van der Waals surface area contributed by atoms with Gasteiger partial charge in [0.2, 0.25) is 0 Å².